The number of halogens is 1. The Kier molecular flexibility index (Phi) is 7.74. The highest BCUT2D eigenvalue weighted by Gasteiger charge is 2.26. The minimum absolute atomic E-state index is 0.219. The summed E-state index contributed by atoms with van der Waals surface area (Å²) in [6, 6.07) is 13.4. The average molecular weight is 446 g/mol. The van der Waals surface area contributed by atoms with Crippen molar-refractivity contribution >= 4 is 21.8 Å². The van der Waals surface area contributed by atoms with E-state index in [9.17, 15) is 4.79 Å². The van der Waals surface area contributed by atoms with Crippen molar-refractivity contribution in [3.8, 4) is 0 Å². The van der Waals surface area contributed by atoms with Crippen LogP contribution in [0.2, 0.25) is 0 Å². The number of hydrogen-bond donors (Lipinski definition) is 1. The van der Waals surface area contributed by atoms with Crippen LogP contribution in [0.5, 0.6) is 0 Å². The predicted molar refractivity (Wildman–Crippen MR) is 118 cm³/mol. The number of rotatable bonds is 8. The summed E-state index contributed by atoms with van der Waals surface area (Å²) < 4.78 is 3.36. The molecule has 1 N–H and O–H groups in total. The van der Waals surface area contributed by atoms with Crippen LogP contribution >= 0.6 is 15.9 Å². The summed E-state index contributed by atoms with van der Waals surface area (Å²) in [7, 11) is 0. The summed E-state index contributed by atoms with van der Waals surface area (Å²) in [5.41, 5.74) is 2.46. The summed E-state index contributed by atoms with van der Waals surface area (Å²) in [6.07, 6.45) is 8.12. The molecule has 0 saturated heterocycles. The molecule has 0 atom stereocenters. The molecule has 1 aliphatic carbocycles. The third kappa shape index (κ3) is 5.95. The lowest BCUT2D eigenvalue weighted by Gasteiger charge is -2.35. The van der Waals surface area contributed by atoms with Gasteiger partial charge in [-0.1, -0.05) is 61.2 Å². The molecule has 1 heterocycles. The molecule has 28 heavy (non-hydrogen) atoms. The van der Waals surface area contributed by atoms with Gasteiger partial charge in [-0.05, 0) is 42.7 Å². The predicted octanol–water partition coefficient (Wildman–Crippen LogP) is 4.96. The molecule has 0 spiro atoms. The van der Waals surface area contributed by atoms with Crippen molar-refractivity contribution in [2.24, 2.45) is 0 Å². The zero-order valence-electron chi connectivity index (χ0n) is 17.0. The second kappa shape index (κ2) is 10.3. The first-order chi connectivity index (χ1) is 13.5. The zero-order chi connectivity index (χ0) is 19.9. The van der Waals surface area contributed by atoms with Gasteiger partial charge in [0.05, 0.1) is 13.1 Å². The van der Waals surface area contributed by atoms with Gasteiger partial charge in [0.15, 0.2) is 0 Å². The van der Waals surface area contributed by atoms with E-state index in [-0.39, 0.29) is 5.91 Å². The molecule has 5 heteroatoms. The zero-order valence-corrected chi connectivity index (χ0v) is 18.6. The highest BCUT2D eigenvalue weighted by molar-refractivity contribution is 9.10. The van der Waals surface area contributed by atoms with Crippen LogP contribution in [0.15, 0.2) is 47.1 Å². The van der Waals surface area contributed by atoms with Crippen LogP contribution in [0.25, 0.3) is 0 Å². The number of benzene rings is 1. The number of carbonyl (C=O) groups excluding carboxylic acids is 1. The minimum atomic E-state index is 0.219. The van der Waals surface area contributed by atoms with Gasteiger partial charge in [-0.2, -0.15) is 0 Å². The van der Waals surface area contributed by atoms with Crippen molar-refractivity contribution in [2.75, 3.05) is 6.54 Å². The number of amides is 1. The Balaban J connectivity index is 1.73. The SMILES string of the molecule is CC(C)NCC(=O)N(Cc1cccn1Cc1ccc(Br)cc1)C1CCCCC1. The largest absolute Gasteiger partial charge is 0.345 e. The number of hydrogen-bond acceptors (Lipinski definition) is 2. The lowest BCUT2D eigenvalue weighted by atomic mass is 9.94. The molecule has 2 aromatic rings. The van der Waals surface area contributed by atoms with Gasteiger partial charge in [0.1, 0.15) is 0 Å². The summed E-state index contributed by atoms with van der Waals surface area (Å²) in [5, 5.41) is 3.30. The number of carbonyl (C=O) groups is 1. The van der Waals surface area contributed by atoms with Crippen LogP contribution in [0.3, 0.4) is 0 Å². The van der Waals surface area contributed by atoms with E-state index in [1.54, 1.807) is 0 Å². The molecule has 0 aliphatic heterocycles. The number of nitrogens with one attached hydrogen (secondary N) is 1. The molecular formula is C23H32BrN3O. The standard InChI is InChI=1S/C23H32BrN3O/c1-18(2)25-15-23(28)27(21-7-4-3-5-8-21)17-22-9-6-14-26(22)16-19-10-12-20(24)13-11-19/h6,9-14,18,21,25H,3-5,7-8,15-17H2,1-2H3. The highest BCUT2D eigenvalue weighted by atomic mass is 79.9. The summed E-state index contributed by atoms with van der Waals surface area (Å²) in [4.78, 5) is 15.2. The summed E-state index contributed by atoms with van der Waals surface area (Å²) in [5.74, 6) is 0.219. The molecule has 4 nitrogen and oxygen atoms in total. The Hall–Kier alpha value is -1.59. The van der Waals surface area contributed by atoms with Crippen LogP contribution in [0.4, 0.5) is 0 Å². The van der Waals surface area contributed by atoms with Crippen LogP contribution in [-0.4, -0.2) is 34.0 Å². The normalized spacial score (nSPS) is 15.1. The lowest BCUT2D eigenvalue weighted by molar-refractivity contribution is -0.134. The second-order valence-corrected chi connectivity index (χ2v) is 9.02. The fraction of sp³-hybridized carbons (Fsp3) is 0.522. The van der Waals surface area contributed by atoms with Gasteiger partial charge < -0.3 is 14.8 Å². The quantitative estimate of drug-likeness (QED) is 0.623. The number of nitrogens with zero attached hydrogens (tertiary/aromatic N) is 2. The van der Waals surface area contributed by atoms with E-state index in [0.717, 1.165) is 23.9 Å². The maximum Gasteiger partial charge on any atom is 0.237 e. The van der Waals surface area contributed by atoms with Crippen LogP contribution in [0.1, 0.15) is 57.2 Å². The fourth-order valence-electron chi connectivity index (χ4n) is 3.91. The monoisotopic (exact) mass is 445 g/mol. The smallest absolute Gasteiger partial charge is 0.237 e. The Morgan fingerprint density at radius 1 is 1.18 bits per heavy atom. The van der Waals surface area contributed by atoms with E-state index in [4.69, 9.17) is 0 Å². The van der Waals surface area contributed by atoms with E-state index in [1.807, 2.05) is 0 Å². The molecule has 152 valence electrons. The fourth-order valence-corrected chi connectivity index (χ4v) is 4.18. The molecule has 0 bridgehead atoms. The van der Waals surface area contributed by atoms with Gasteiger partial charge in [-0.3, -0.25) is 4.79 Å². The molecule has 0 unspecified atom stereocenters. The second-order valence-electron chi connectivity index (χ2n) is 8.10. The van der Waals surface area contributed by atoms with Gasteiger partial charge in [0.2, 0.25) is 5.91 Å². The molecule has 1 amide bonds. The van der Waals surface area contributed by atoms with Crippen molar-refractivity contribution in [1.82, 2.24) is 14.8 Å². The van der Waals surface area contributed by atoms with Gasteiger partial charge in [0, 0.05) is 35.0 Å². The van der Waals surface area contributed by atoms with E-state index in [0.29, 0.717) is 25.2 Å². The molecule has 3 rings (SSSR count). The molecule has 0 radical (unpaired) electrons. The maximum atomic E-state index is 13.0. The maximum absolute atomic E-state index is 13.0. The van der Waals surface area contributed by atoms with Gasteiger partial charge in [0.25, 0.3) is 0 Å². The van der Waals surface area contributed by atoms with Crippen molar-refractivity contribution in [1.29, 1.82) is 0 Å². The molecule has 1 aliphatic rings. The lowest BCUT2D eigenvalue weighted by Crippen LogP contribution is -2.46. The van der Waals surface area contributed by atoms with E-state index < -0.39 is 0 Å². The Bertz CT molecular complexity index is 747. The van der Waals surface area contributed by atoms with Crippen molar-refractivity contribution < 1.29 is 4.79 Å². The Labute approximate surface area is 177 Å². The van der Waals surface area contributed by atoms with Crippen LogP contribution in [-0.2, 0) is 17.9 Å². The van der Waals surface area contributed by atoms with E-state index in [1.165, 1.54) is 30.5 Å². The molecule has 1 aromatic carbocycles. The Morgan fingerprint density at radius 3 is 2.57 bits per heavy atom. The third-order valence-electron chi connectivity index (χ3n) is 5.52. The first kappa shape index (κ1) is 21.1. The van der Waals surface area contributed by atoms with Gasteiger partial charge in [-0.15, -0.1) is 0 Å². The van der Waals surface area contributed by atoms with Crippen molar-refractivity contribution in [3.05, 3.63) is 58.3 Å². The minimum Gasteiger partial charge on any atom is -0.345 e. The van der Waals surface area contributed by atoms with E-state index >= 15 is 0 Å². The Morgan fingerprint density at radius 2 is 1.89 bits per heavy atom. The van der Waals surface area contributed by atoms with Crippen LogP contribution < -0.4 is 5.32 Å². The van der Waals surface area contributed by atoms with E-state index in [2.05, 4.69) is 87.2 Å². The van der Waals surface area contributed by atoms with Crippen LogP contribution in [0, 0.1) is 0 Å². The van der Waals surface area contributed by atoms with Gasteiger partial charge >= 0.3 is 0 Å². The summed E-state index contributed by atoms with van der Waals surface area (Å²) in [6.45, 7) is 6.10. The summed E-state index contributed by atoms with van der Waals surface area (Å²) >= 11 is 3.50. The van der Waals surface area contributed by atoms with Gasteiger partial charge in [-0.25, -0.2) is 0 Å². The molecule has 1 aromatic heterocycles. The van der Waals surface area contributed by atoms with Crippen molar-refractivity contribution in [3.63, 3.8) is 0 Å². The average Bonchev–Trinajstić information content (AvgIpc) is 3.13. The third-order valence-corrected chi connectivity index (χ3v) is 6.05. The molecular weight excluding hydrogens is 414 g/mol. The molecule has 1 saturated carbocycles. The highest BCUT2D eigenvalue weighted by Crippen LogP contribution is 2.25. The first-order valence-corrected chi connectivity index (χ1v) is 11.2. The topological polar surface area (TPSA) is 37.3 Å². The first-order valence-electron chi connectivity index (χ1n) is 10.4. The van der Waals surface area contributed by atoms with Crippen molar-refractivity contribution in [2.45, 2.75) is 71.1 Å². The molecule has 1 fully saturated rings. The number of aromatic nitrogens is 1.